The Morgan fingerprint density at radius 2 is 1.19 bits per heavy atom. The summed E-state index contributed by atoms with van der Waals surface area (Å²) in [7, 11) is 2.70. The van der Waals surface area contributed by atoms with Crippen LogP contribution in [0.1, 0.15) is 0 Å². The van der Waals surface area contributed by atoms with Gasteiger partial charge in [0.2, 0.25) is 0 Å². The van der Waals surface area contributed by atoms with Gasteiger partial charge >= 0.3 is 0 Å². The van der Waals surface area contributed by atoms with E-state index in [1.54, 1.807) is 0 Å². The predicted octanol–water partition coefficient (Wildman–Crippen LogP) is -1.48. The summed E-state index contributed by atoms with van der Waals surface area (Å²) in [5.74, 6) is 0. The van der Waals surface area contributed by atoms with E-state index in [-0.39, 0.29) is 0 Å². The molecule has 2 aliphatic heterocycles. The first-order chi connectivity index (χ1) is 7.40. The maximum Gasteiger partial charge on any atom is 0.177 e. The summed E-state index contributed by atoms with van der Waals surface area (Å²) in [5, 5.41) is 38.5. The summed E-state index contributed by atoms with van der Waals surface area (Å²) in [6.07, 6.45) is -1.82. The van der Waals surface area contributed by atoms with Crippen molar-refractivity contribution in [1.29, 1.82) is 0 Å². The molecule has 0 bridgehead atoms. The van der Waals surface area contributed by atoms with Crippen LogP contribution in [0.25, 0.3) is 0 Å². The van der Waals surface area contributed by atoms with Gasteiger partial charge in [-0.2, -0.15) is 0 Å². The number of ether oxygens (including phenoxy) is 2. The second kappa shape index (κ2) is 3.99. The van der Waals surface area contributed by atoms with Gasteiger partial charge in [-0.15, -0.1) is 0 Å². The normalized spacial score (nSPS) is 49.9. The average molecular weight is 270 g/mol. The molecule has 6 atom stereocenters. The van der Waals surface area contributed by atoms with Crippen molar-refractivity contribution >= 4 is 23.5 Å². The van der Waals surface area contributed by atoms with Crippen molar-refractivity contribution in [3.05, 3.63) is 0 Å². The molecule has 0 amide bonds. The van der Waals surface area contributed by atoms with Gasteiger partial charge in [0.25, 0.3) is 0 Å². The lowest BCUT2D eigenvalue weighted by Crippen LogP contribution is -2.51. The molecule has 0 aromatic heterocycles. The predicted molar refractivity (Wildman–Crippen MR) is 58.7 cm³/mol. The number of aliphatic hydroxyl groups is 4. The van der Waals surface area contributed by atoms with Crippen LogP contribution >= 0.6 is 23.5 Å². The molecule has 0 aromatic carbocycles. The first-order valence-electron chi connectivity index (χ1n) is 4.62. The Labute approximate surface area is 101 Å². The molecule has 16 heavy (non-hydrogen) atoms. The Kier molecular flexibility index (Phi) is 3.22. The standard InChI is InChI=1S/C8H14O6S2/c1-13-3(7(11)5(9)15-7)4(14-2)8(12)6(10)16-8/h3-6,9-12H,1-2H3/t3-,4-,5?,6?,7-,8-/m0/s1. The van der Waals surface area contributed by atoms with Crippen molar-refractivity contribution in [2.24, 2.45) is 0 Å². The van der Waals surface area contributed by atoms with Gasteiger partial charge in [0, 0.05) is 14.2 Å². The van der Waals surface area contributed by atoms with Gasteiger partial charge in [0.15, 0.2) is 9.87 Å². The van der Waals surface area contributed by atoms with Crippen LogP contribution in [0.4, 0.5) is 0 Å². The minimum Gasteiger partial charge on any atom is -0.378 e. The Balaban J connectivity index is 2.14. The fourth-order valence-electron chi connectivity index (χ4n) is 1.72. The van der Waals surface area contributed by atoms with Crippen molar-refractivity contribution in [3.63, 3.8) is 0 Å². The fourth-order valence-corrected chi connectivity index (χ4v) is 3.28. The van der Waals surface area contributed by atoms with E-state index in [1.165, 1.54) is 14.2 Å². The smallest absolute Gasteiger partial charge is 0.177 e. The molecular formula is C8H14O6S2. The zero-order chi connectivity index (χ0) is 12.1. The van der Waals surface area contributed by atoms with Crippen LogP contribution in [0.2, 0.25) is 0 Å². The maximum atomic E-state index is 9.94. The van der Waals surface area contributed by atoms with Crippen LogP contribution < -0.4 is 0 Å². The van der Waals surface area contributed by atoms with Gasteiger partial charge < -0.3 is 29.9 Å². The van der Waals surface area contributed by atoms with E-state index in [0.29, 0.717) is 0 Å². The first-order valence-corrected chi connectivity index (χ1v) is 6.38. The molecule has 2 unspecified atom stereocenters. The minimum absolute atomic E-state index is 0.910. The van der Waals surface area contributed by atoms with Crippen LogP contribution in [-0.4, -0.2) is 67.6 Å². The molecule has 0 aromatic rings. The van der Waals surface area contributed by atoms with Crippen LogP contribution in [-0.2, 0) is 9.47 Å². The third-order valence-corrected chi connectivity index (χ3v) is 5.12. The van der Waals surface area contributed by atoms with Gasteiger partial charge in [-0.05, 0) is 0 Å². The van der Waals surface area contributed by atoms with Gasteiger partial charge in [-0.3, -0.25) is 0 Å². The second-order valence-electron chi connectivity index (χ2n) is 3.76. The number of hydrogen-bond acceptors (Lipinski definition) is 8. The van der Waals surface area contributed by atoms with Crippen molar-refractivity contribution < 1.29 is 29.9 Å². The molecule has 0 radical (unpaired) electrons. The molecule has 2 fully saturated rings. The third kappa shape index (κ3) is 1.77. The molecule has 6 nitrogen and oxygen atoms in total. The highest BCUT2D eigenvalue weighted by Crippen LogP contribution is 2.60. The largest absolute Gasteiger partial charge is 0.378 e. The zero-order valence-corrected chi connectivity index (χ0v) is 10.4. The molecule has 2 rings (SSSR count). The molecule has 2 saturated heterocycles. The van der Waals surface area contributed by atoms with E-state index < -0.39 is 32.9 Å². The number of methoxy groups -OCH3 is 2. The minimum atomic E-state index is -1.48. The molecule has 2 aliphatic rings. The summed E-state index contributed by atoms with van der Waals surface area (Å²) in [5.41, 5.74) is -1.92. The van der Waals surface area contributed by atoms with E-state index >= 15 is 0 Å². The number of aliphatic hydroxyl groups excluding tert-OH is 2. The number of rotatable bonds is 5. The van der Waals surface area contributed by atoms with E-state index in [4.69, 9.17) is 9.47 Å². The Bertz CT molecular complexity index is 264. The van der Waals surface area contributed by atoms with Gasteiger partial charge in [-0.25, -0.2) is 0 Å². The Hall–Kier alpha value is 0.460. The Morgan fingerprint density at radius 1 is 0.938 bits per heavy atom. The van der Waals surface area contributed by atoms with Crippen LogP contribution in [0, 0.1) is 0 Å². The molecule has 4 N–H and O–H groups in total. The van der Waals surface area contributed by atoms with Crippen LogP contribution in [0.15, 0.2) is 0 Å². The van der Waals surface area contributed by atoms with Crippen molar-refractivity contribution in [2.45, 2.75) is 32.9 Å². The van der Waals surface area contributed by atoms with E-state index in [2.05, 4.69) is 0 Å². The Morgan fingerprint density at radius 3 is 1.31 bits per heavy atom. The number of hydrogen-bond donors (Lipinski definition) is 4. The molecule has 0 spiro atoms. The van der Waals surface area contributed by atoms with E-state index in [1.807, 2.05) is 0 Å². The summed E-state index contributed by atoms with van der Waals surface area (Å²) in [4.78, 5) is -2.96. The monoisotopic (exact) mass is 270 g/mol. The quantitative estimate of drug-likeness (QED) is 0.449. The molecular weight excluding hydrogens is 256 g/mol. The van der Waals surface area contributed by atoms with Crippen LogP contribution in [0.5, 0.6) is 0 Å². The lowest BCUT2D eigenvalue weighted by molar-refractivity contribution is -0.154. The molecule has 0 aliphatic carbocycles. The van der Waals surface area contributed by atoms with Gasteiger partial charge in [-0.1, -0.05) is 23.5 Å². The van der Waals surface area contributed by atoms with Crippen LogP contribution in [0.3, 0.4) is 0 Å². The third-order valence-electron chi connectivity index (χ3n) is 2.79. The summed E-state index contributed by atoms with van der Waals surface area (Å²) in [6.45, 7) is 0. The average Bonchev–Trinajstić information content (AvgIpc) is 3.02. The summed E-state index contributed by atoms with van der Waals surface area (Å²) < 4.78 is 10.2. The summed E-state index contributed by atoms with van der Waals surface area (Å²) >= 11 is 1.84. The fraction of sp³-hybridized carbons (Fsp3) is 1.00. The highest BCUT2D eigenvalue weighted by Gasteiger charge is 2.70. The lowest BCUT2D eigenvalue weighted by atomic mass is 10.0. The number of thioether (sulfide) groups is 2. The topological polar surface area (TPSA) is 99.4 Å². The second-order valence-corrected chi connectivity index (χ2v) is 6.43. The molecule has 2 heterocycles. The SMILES string of the molecule is CO[C@@H]([C@H](OC)[C@]1(O)SC1O)[C@]1(O)SC1O. The van der Waals surface area contributed by atoms with E-state index in [0.717, 1.165) is 23.5 Å². The highest BCUT2D eigenvalue weighted by molar-refractivity contribution is 8.08. The molecule has 94 valence electrons. The van der Waals surface area contributed by atoms with E-state index in [9.17, 15) is 20.4 Å². The van der Waals surface area contributed by atoms with Crippen molar-refractivity contribution in [3.8, 4) is 0 Å². The summed E-state index contributed by atoms with van der Waals surface area (Å²) in [6, 6.07) is 0. The lowest BCUT2D eigenvalue weighted by Gasteiger charge is -2.30. The van der Waals surface area contributed by atoms with Crippen molar-refractivity contribution in [2.75, 3.05) is 14.2 Å². The first kappa shape index (κ1) is 12.9. The molecule has 8 heteroatoms. The highest BCUT2D eigenvalue weighted by atomic mass is 32.2. The van der Waals surface area contributed by atoms with Crippen molar-refractivity contribution in [1.82, 2.24) is 0 Å². The van der Waals surface area contributed by atoms with Gasteiger partial charge in [0.05, 0.1) is 0 Å². The maximum absolute atomic E-state index is 9.94. The molecule has 0 saturated carbocycles. The zero-order valence-electron chi connectivity index (χ0n) is 8.73. The van der Waals surface area contributed by atoms with Gasteiger partial charge in [0.1, 0.15) is 23.1 Å².